The summed E-state index contributed by atoms with van der Waals surface area (Å²) >= 11 is 7.36. The van der Waals surface area contributed by atoms with E-state index in [2.05, 4.69) is 11.2 Å². The molecule has 2 heterocycles. The number of nitrogens with zero attached hydrogens (tertiary/aromatic N) is 3. The summed E-state index contributed by atoms with van der Waals surface area (Å²) in [6.07, 6.45) is 0. The monoisotopic (exact) mass is 406 g/mol. The highest BCUT2D eigenvalue weighted by Crippen LogP contribution is 2.47. The van der Waals surface area contributed by atoms with E-state index >= 15 is 0 Å². The Morgan fingerprint density at radius 3 is 2.54 bits per heavy atom. The van der Waals surface area contributed by atoms with E-state index in [1.807, 2.05) is 37.3 Å². The molecule has 28 heavy (non-hydrogen) atoms. The molecule has 0 radical (unpaired) electrons. The fraction of sp³-hybridized carbons (Fsp3) is 0.0952. The number of Topliss-reactive ketones (excluding diaryl/α,β-unsaturated/α-hetero) is 1. The van der Waals surface area contributed by atoms with Crippen LogP contribution >= 0.6 is 23.4 Å². The number of nitrogens with two attached hydrogens (primary N) is 1. The Bertz CT molecular complexity index is 1100. The lowest BCUT2D eigenvalue weighted by atomic mass is 9.80. The van der Waals surface area contributed by atoms with Crippen LogP contribution in [0.4, 0.5) is 0 Å². The van der Waals surface area contributed by atoms with E-state index in [-0.39, 0.29) is 11.6 Å². The van der Waals surface area contributed by atoms with Crippen LogP contribution in [-0.4, -0.2) is 15.8 Å². The first-order valence-electron chi connectivity index (χ1n) is 8.53. The van der Waals surface area contributed by atoms with E-state index in [9.17, 15) is 10.1 Å². The van der Waals surface area contributed by atoms with E-state index in [1.165, 1.54) is 16.8 Å². The molecule has 2 aliphatic heterocycles. The number of carbonyl (C=O) groups excluding carboxylic acids is 1. The third kappa shape index (κ3) is 2.99. The molecule has 7 heteroatoms. The van der Waals surface area contributed by atoms with Crippen LogP contribution in [0.3, 0.4) is 0 Å². The van der Waals surface area contributed by atoms with E-state index in [0.29, 0.717) is 26.8 Å². The number of thioether (sulfide) groups is 1. The Balaban J connectivity index is 1.94. The second kappa shape index (κ2) is 7.19. The molecular formula is C21H15ClN4OS. The molecule has 4 rings (SSSR count). The van der Waals surface area contributed by atoms with Gasteiger partial charge in [-0.25, -0.2) is 5.01 Å². The van der Waals surface area contributed by atoms with Gasteiger partial charge in [0, 0.05) is 16.2 Å². The summed E-state index contributed by atoms with van der Waals surface area (Å²) in [7, 11) is 0. The lowest BCUT2D eigenvalue weighted by Gasteiger charge is -2.31. The SMILES string of the molecule is CC1=NN2C(N)=C(C#N)C(c3ccccc3)C(C(=O)c3ccc(Cl)cc3)=C2S1. The zero-order chi connectivity index (χ0) is 19.8. The number of allylic oxidation sites excluding steroid dienone is 2. The Morgan fingerprint density at radius 2 is 1.89 bits per heavy atom. The van der Waals surface area contributed by atoms with Gasteiger partial charge in [0.05, 0.1) is 22.6 Å². The predicted octanol–water partition coefficient (Wildman–Crippen LogP) is 4.61. The van der Waals surface area contributed by atoms with Crippen molar-refractivity contribution in [3.05, 3.63) is 92.7 Å². The average molecular weight is 407 g/mol. The second-order valence-corrected chi connectivity index (χ2v) is 7.96. The molecule has 2 N–H and O–H groups in total. The summed E-state index contributed by atoms with van der Waals surface area (Å²) < 4.78 is 0. The van der Waals surface area contributed by atoms with Gasteiger partial charge in [0.25, 0.3) is 0 Å². The van der Waals surface area contributed by atoms with Crippen LogP contribution in [-0.2, 0) is 0 Å². The number of hydrogen-bond acceptors (Lipinski definition) is 6. The van der Waals surface area contributed by atoms with Crippen molar-refractivity contribution >= 4 is 34.2 Å². The van der Waals surface area contributed by atoms with Gasteiger partial charge >= 0.3 is 0 Å². The number of carbonyl (C=O) groups is 1. The number of halogens is 1. The van der Waals surface area contributed by atoms with Crippen molar-refractivity contribution in [2.45, 2.75) is 12.8 Å². The fourth-order valence-corrected chi connectivity index (χ4v) is 4.41. The van der Waals surface area contributed by atoms with Gasteiger partial charge in [-0.2, -0.15) is 10.4 Å². The number of rotatable bonds is 3. The Hall–Kier alpha value is -3.01. The number of hydrogen-bond donors (Lipinski definition) is 1. The highest BCUT2D eigenvalue weighted by molar-refractivity contribution is 8.17. The molecule has 2 aromatic rings. The van der Waals surface area contributed by atoms with Gasteiger partial charge in [-0.15, -0.1) is 0 Å². The first kappa shape index (κ1) is 18.4. The van der Waals surface area contributed by atoms with Gasteiger partial charge in [0.2, 0.25) is 0 Å². The Labute approximate surface area is 171 Å². The van der Waals surface area contributed by atoms with Crippen LogP contribution in [0.15, 0.2) is 81.7 Å². The largest absolute Gasteiger partial charge is 0.383 e. The molecule has 1 atom stereocenters. The summed E-state index contributed by atoms with van der Waals surface area (Å²) in [6, 6.07) is 18.4. The number of fused-ring (bicyclic) bond motifs is 1. The summed E-state index contributed by atoms with van der Waals surface area (Å²) in [5, 5.41) is 17.7. The van der Waals surface area contributed by atoms with Crippen molar-refractivity contribution in [3.63, 3.8) is 0 Å². The summed E-state index contributed by atoms with van der Waals surface area (Å²) in [5.41, 5.74) is 8.41. The molecule has 0 bridgehead atoms. The molecule has 0 saturated carbocycles. The third-order valence-electron chi connectivity index (χ3n) is 4.59. The molecule has 0 amide bonds. The topological polar surface area (TPSA) is 82.5 Å². The minimum absolute atomic E-state index is 0.178. The number of benzene rings is 2. The van der Waals surface area contributed by atoms with E-state index in [1.54, 1.807) is 24.3 Å². The van der Waals surface area contributed by atoms with Crippen LogP contribution in [0.1, 0.15) is 28.8 Å². The van der Waals surface area contributed by atoms with E-state index in [4.69, 9.17) is 17.3 Å². The van der Waals surface area contributed by atoms with Crippen LogP contribution in [0.25, 0.3) is 0 Å². The molecule has 2 aromatic carbocycles. The van der Waals surface area contributed by atoms with Crippen LogP contribution in [0, 0.1) is 11.3 Å². The molecule has 0 spiro atoms. The minimum Gasteiger partial charge on any atom is -0.383 e. The number of nitriles is 1. The lowest BCUT2D eigenvalue weighted by molar-refractivity contribution is 0.102. The Morgan fingerprint density at radius 1 is 1.21 bits per heavy atom. The quantitative estimate of drug-likeness (QED) is 0.752. The zero-order valence-electron chi connectivity index (χ0n) is 14.9. The van der Waals surface area contributed by atoms with Gasteiger partial charge in [-0.05, 0) is 36.8 Å². The average Bonchev–Trinajstić information content (AvgIpc) is 3.10. The van der Waals surface area contributed by atoms with Crippen molar-refractivity contribution < 1.29 is 4.79 Å². The normalized spacial score (nSPS) is 18.7. The maximum Gasteiger partial charge on any atom is 0.192 e. The van der Waals surface area contributed by atoms with Gasteiger partial charge in [0.15, 0.2) is 5.78 Å². The van der Waals surface area contributed by atoms with Crippen molar-refractivity contribution in [2.24, 2.45) is 10.8 Å². The molecule has 5 nitrogen and oxygen atoms in total. The van der Waals surface area contributed by atoms with Crippen LogP contribution < -0.4 is 5.73 Å². The molecule has 0 saturated heterocycles. The number of ketones is 1. The van der Waals surface area contributed by atoms with Gasteiger partial charge in [0.1, 0.15) is 10.9 Å². The summed E-state index contributed by atoms with van der Waals surface area (Å²) in [5.74, 6) is -0.485. The molecule has 0 fully saturated rings. The van der Waals surface area contributed by atoms with Crippen molar-refractivity contribution in [1.29, 1.82) is 5.26 Å². The molecular weight excluding hydrogens is 392 g/mol. The van der Waals surface area contributed by atoms with Crippen molar-refractivity contribution in [3.8, 4) is 6.07 Å². The molecule has 1 unspecified atom stereocenters. The predicted molar refractivity (Wildman–Crippen MR) is 111 cm³/mol. The van der Waals surface area contributed by atoms with Crippen molar-refractivity contribution in [1.82, 2.24) is 5.01 Å². The summed E-state index contributed by atoms with van der Waals surface area (Å²) in [6.45, 7) is 1.84. The van der Waals surface area contributed by atoms with E-state index < -0.39 is 5.92 Å². The third-order valence-corrected chi connectivity index (χ3v) is 5.81. The van der Waals surface area contributed by atoms with Gasteiger partial charge in [-0.3, -0.25) is 4.79 Å². The highest BCUT2D eigenvalue weighted by atomic mass is 35.5. The zero-order valence-corrected chi connectivity index (χ0v) is 16.5. The smallest absolute Gasteiger partial charge is 0.192 e. The molecule has 0 aromatic heterocycles. The van der Waals surface area contributed by atoms with Gasteiger partial charge < -0.3 is 5.73 Å². The first-order valence-corrected chi connectivity index (χ1v) is 9.73. The van der Waals surface area contributed by atoms with Crippen molar-refractivity contribution in [2.75, 3.05) is 0 Å². The van der Waals surface area contributed by atoms with Gasteiger partial charge in [-0.1, -0.05) is 53.7 Å². The molecule has 138 valence electrons. The fourth-order valence-electron chi connectivity index (χ4n) is 3.34. The maximum atomic E-state index is 13.5. The first-order chi connectivity index (χ1) is 13.5. The lowest BCUT2D eigenvalue weighted by Crippen LogP contribution is -2.31. The van der Waals surface area contributed by atoms with E-state index in [0.717, 1.165) is 10.6 Å². The second-order valence-electron chi connectivity index (χ2n) is 6.34. The maximum absolute atomic E-state index is 13.5. The Kier molecular flexibility index (Phi) is 4.71. The minimum atomic E-state index is -0.561. The molecule has 0 aliphatic carbocycles. The number of hydrazone groups is 1. The molecule has 2 aliphatic rings. The van der Waals surface area contributed by atoms with Crippen LogP contribution in [0.5, 0.6) is 0 Å². The van der Waals surface area contributed by atoms with Crippen LogP contribution in [0.2, 0.25) is 5.02 Å². The standard InChI is InChI=1S/C21H15ClN4OS/c1-12-25-26-20(24)16(11-23)17(13-5-3-2-4-6-13)18(21(26)28-12)19(27)14-7-9-15(22)10-8-14/h2-10,17H,24H2,1H3. The summed E-state index contributed by atoms with van der Waals surface area (Å²) in [4.78, 5) is 13.5. The highest BCUT2D eigenvalue weighted by Gasteiger charge is 2.41.